The van der Waals surface area contributed by atoms with Crippen molar-refractivity contribution in [3.05, 3.63) is 92.4 Å². The fourth-order valence-electron chi connectivity index (χ4n) is 3.68. The van der Waals surface area contributed by atoms with E-state index in [-0.39, 0.29) is 5.41 Å². The van der Waals surface area contributed by atoms with Gasteiger partial charge in [0.2, 0.25) is 0 Å². The summed E-state index contributed by atoms with van der Waals surface area (Å²) in [5.41, 5.74) is 3.33. The van der Waals surface area contributed by atoms with Crippen LogP contribution in [0.2, 0.25) is 0 Å². The van der Waals surface area contributed by atoms with Crippen molar-refractivity contribution >= 4 is 17.1 Å². The molecule has 33 heavy (non-hydrogen) atoms. The van der Waals surface area contributed by atoms with Crippen LogP contribution in [0.1, 0.15) is 37.7 Å². The monoisotopic (exact) mass is 444 g/mol. The summed E-state index contributed by atoms with van der Waals surface area (Å²) < 4.78 is 8.83. The Kier molecular flexibility index (Phi) is 5.80. The van der Waals surface area contributed by atoms with Gasteiger partial charge in [-0.3, -0.25) is 4.79 Å². The van der Waals surface area contributed by atoms with E-state index in [0.29, 0.717) is 17.5 Å². The van der Waals surface area contributed by atoms with Crippen LogP contribution in [0, 0.1) is 19.3 Å². The van der Waals surface area contributed by atoms with E-state index in [1.165, 1.54) is 0 Å². The SMILES string of the molecule is Cc1cc(C=Nn2c(=O)[nH]c3ccccc3c2=O)c(C)n1-c1ccc(OCC(C)(C)C)cc1. The molecular weight excluding hydrogens is 416 g/mol. The lowest BCUT2D eigenvalue weighted by Crippen LogP contribution is -2.32. The van der Waals surface area contributed by atoms with E-state index >= 15 is 0 Å². The second kappa shape index (κ2) is 8.58. The molecule has 2 aromatic carbocycles. The van der Waals surface area contributed by atoms with E-state index in [9.17, 15) is 9.59 Å². The number of para-hydroxylation sites is 1. The number of nitrogens with zero attached hydrogens (tertiary/aromatic N) is 3. The molecule has 7 heteroatoms. The van der Waals surface area contributed by atoms with Crippen LogP contribution < -0.4 is 16.0 Å². The average molecular weight is 445 g/mol. The molecule has 0 aliphatic heterocycles. The van der Waals surface area contributed by atoms with Crippen LogP contribution in [0.3, 0.4) is 0 Å². The van der Waals surface area contributed by atoms with Crippen LogP contribution in [0.25, 0.3) is 16.6 Å². The highest BCUT2D eigenvalue weighted by Gasteiger charge is 2.13. The molecule has 0 bridgehead atoms. The van der Waals surface area contributed by atoms with Crippen molar-refractivity contribution in [3.8, 4) is 11.4 Å². The molecule has 2 aromatic heterocycles. The summed E-state index contributed by atoms with van der Waals surface area (Å²) in [6.45, 7) is 11.0. The minimum Gasteiger partial charge on any atom is -0.493 e. The predicted molar refractivity (Wildman–Crippen MR) is 132 cm³/mol. The van der Waals surface area contributed by atoms with Crippen molar-refractivity contribution in [3.63, 3.8) is 0 Å². The molecule has 4 rings (SSSR count). The van der Waals surface area contributed by atoms with Gasteiger partial charge in [-0.25, -0.2) is 4.79 Å². The zero-order valence-electron chi connectivity index (χ0n) is 19.5. The minimum absolute atomic E-state index is 0.0925. The van der Waals surface area contributed by atoms with Gasteiger partial charge in [-0.2, -0.15) is 5.10 Å². The topological polar surface area (TPSA) is 81.4 Å². The average Bonchev–Trinajstić information content (AvgIpc) is 3.05. The number of H-pyrrole nitrogens is 1. The Labute approximate surface area is 192 Å². The summed E-state index contributed by atoms with van der Waals surface area (Å²) in [6.07, 6.45) is 1.55. The normalized spacial score (nSPS) is 12.0. The van der Waals surface area contributed by atoms with Crippen molar-refractivity contribution in [2.24, 2.45) is 10.5 Å². The molecule has 0 saturated heterocycles. The van der Waals surface area contributed by atoms with Gasteiger partial charge in [0.1, 0.15) is 5.75 Å². The molecule has 0 aliphatic carbocycles. The Hall–Kier alpha value is -3.87. The van der Waals surface area contributed by atoms with Gasteiger partial charge in [0.15, 0.2) is 0 Å². The van der Waals surface area contributed by atoms with Crippen molar-refractivity contribution in [1.29, 1.82) is 0 Å². The lowest BCUT2D eigenvalue weighted by atomic mass is 9.99. The second-order valence-corrected chi connectivity index (χ2v) is 9.34. The van der Waals surface area contributed by atoms with E-state index in [4.69, 9.17) is 4.74 Å². The molecule has 0 saturated carbocycles. The van der Waals surface area contributed by atoms with Crippen LogP contribution >= 0.6 is 0 Å². The summed E-state index contributed by atoms with van der Waals surface area (Å²) in [5.74, 6) is 0.827. The smallest absolute Gasteiger partial charge is 0.349 e. The molecule has 0 unspecified atom stereocenters. The first kappa shape index (κ1) is 22.3. The van der Waals surface area contributed by atoms with E-state index in [1.54, 1.807) is 30.5 Å². The van der Waals surface area contributed by atoms with E-state index in [1.807, 2.05) is 44.2 Å². The number of aryl methyl sites for hydroxylation is 1. The lowest BCUT2D eigenvalue weighted by Gasteiger charge is -2.19. The Morgan fingerprint density at radius 1 is 1.03 bits per heavy atom. The molecule has 0 radical (unpaired) electrons. The molecule has 7 nitrogen and oxygen atoms in total. The van der Waals surface area contributed by atoms with Crippen LogP contribution in [0.5, 0.6) is 5.75 Å². The number of rotatable bonds is 5. The summed E-state index contributed by atoms with van der Waals surface area (Å²) in [7, 11) is 0. The van der Waals surface area contributed by atoms with Gasteiger partial charge in [-0.15, -0.1) is 4.68 Å². The summed E-state index contributed by atoms with van der Waals surface area (Å²) in [4.78, 5) is 27.8. The van der Waals surface area contributed by atoms with E-state index in [2.05, 4.69) is 35.4 Å². The summed E-state index contributed by atoms with van der Waals surface area (Å²) in [6, 6.07) is 16.8. The molecule has 0 aliphatic rings. The van der Waals surface area contributed by atoms with Crippen molar-refractivity contribution in [1.82, 2.24) is 14.2 Å². The van der Waals surface area contributed by atoms with Gasteiger partial charge >= 0.3 is 5.69 Å². The number of nitrogens with one attached hydrogen (secondary N) is 1. The van der Waals surface area contributed by atoms with Gasteiger partial charge in [0, 0.05) is 22.6 Å². The zero-order valence-corrected chi connectivity index (χ0v) is 19.5. The third kappa shape index (κ3) is 4.67. The maximum atomic E-state index is 12.7. The van der Waals surface area contributed by atoms with Crippen LogP contribution in [-0.4, -0.2) is 27.0 Å². The summed E-state index contributed by atoms with van der Waals surface area (Å²) >= 11 is 0. The Morgan fingerprint density at radius 2 is 1.73 bits per heavy atom. The third-order valence-corrected chi connectivity index (χ3v) is 5.33. The van der Waals surface area contributed by atoms with Crippen molar-refractivity contribution < 1.29 is 4.74 Å². The lowest BCUT2D eigenvalue weighted by molar-refractivity contribution is 0.198. The predicted octanol–water partition coefficient (Wildman–Crippen LogP) is 4.40. The molecule has 1 N–H and O–H groups in total. The number of fused-ring (bicyclic) bond motifs is 1. The number of aromatic nitrogens is 3. The minimum atomic E-state index is -0.574. The van der Waals surface area contributed by atoms with E-state index in [0.717, 1.165) is 33.1 Å². The van der Waals surface area contributed by atoms with Gasteiger partial charge < -0.3 is 14.3 Å². The first-order valence-corrected chi connectivity index (χ1v) is 10.8. The molecule has 4 aromatic rings. The molecule has 0 atom stereocenters. The molecule has 0 fully saturated rings. The Balaban J connectivity index is 1.64. The van der Waals surface area contributed by atoms with Gasteiger partial charge in [0.05, 0.1) is 23.7 Å². The maximum Gasteiger partial charge on any atom is 0.349 e. The molecule has 0 spiro atoms. The number of hydrogen-bond donors (Lipinski definition) is 1. The van der Waals surface area contributed by atoms with Crippen LogP contribution in [-0.2, 0) is 0 Å². The fraction of sp³-hybridized carbons (Fsp3) is 0.269. The molecule has 0 amide bonds. The first-order valence-electron chi connectivity index (χ1n) is 10.8. The molecule has 170 valence electrons. The largest absolute Gasteiger partial charge is 0.493 e. The second-order valence-electron chi connectivity index (χ2n) is 9.34. The highest BCUT2D eigenvalue weighted by atomic mass is 16.5. The van der Waals surface area contributed by atoms with Crippen molar-refractivity contribution in [2.45, 2.75) is 34.6 Å². The van der Waals surface area contributed by atoms with Gasteiger partial charge in [0.25, 0.3) is 5.56 Å². The quantitative estimate of drug-likeness (QED) is 0.463. The van der Waals surface area contributed by atoms with Crippen LogP contribution in [0.15, 0.2) is 69.3 Å². The highest BCUT2D eigenvalue weighted by Crippen LogP contribution is 2.23. The number of hydrogen-bond acceptors (Lipinski definition) is 4. The molecule has 2 heterocycles. The number of ether oxygens (including phenoxy) is 1. The number of benzene rings is 2. The van der Waals surface area contributed by atoms with Crippen molar-refractivity contribution in [2.75, 3.05) is 6.61 Å². The molecular formula is C26H28N4O3. The third-order valence-electron chi connectivity index (χ3n) is 5.33. The Bertz CT molecular complexity index is 1450. The maximum absolute atomic E-state index is 12.7. The number of aromatic amines is 1. The fourth-order valence-corrected chi connectivity index (χ4v) is 3.68. The Morgan fingerprint density at radius 3 is 2.42 bits per heavy atom. The van der Waals surface area contributed by atoms with Gasteiger partial charge in [-0.1, -0.05) is 32.9 Å². The van der Waals surface area contributed by atoms with Gasteiger partial charge in [-0.05, 0) is 61.7 Å². The van der Waals surface area contributed by atoms with Crippen LogP contribution in [0.4, 0.5) is 0 Å². The van der Waals surface area contributed by atoms with E-state index < -0.39 is 11.2 Å². The first-order chi connectivity index (χ1) is 15.6. The zero-order chi connectivity index (χ0) is 23.8. The summed E-state index contributed by atoms with van der Waals surface area (Å²) in [5, 5.41) is 4.61. The highest BCUT2D eigenvalue weighted by molar-refractivity contribution is 5.82. The standard InChI is InChI=1S/C26H28N4O3/c1-17-14-19(15-27-30-24(31)22-8-6-7-9-23(22)28-25(30)32)18(2)29(17)20-10-12-21(13-11-20)33-16-26(3,4)5/h6-15H,16H2,1-5H3,(H,28,32).